The van der Waals surface area contributed by atoms with Gasteiger partial charge in [-0.25, -0.2) is 0 Å². The number of aromatic nitrogens is 1. The van der Waals surface area contributed by atoms with E-state index >= 15 is 0 Å². The summed E-state index contributed by atoms with van der Waals surface area (Å²) in [7, 11) is 0. The van der Waals surface area contributed by atoms with Crippen LogP contribution in [0.15, 0.2) is 24.4 Å². The molecule has 21 heavy (non-hydrogen) atoms. The SMILES string of the molecule is O=C(c1ccccn1)N1CCOC(CC2CCCCC2)C1. The summed E-state index contributed by atoms with van der Waals surface area (Å²) in [5.74, 6) is 0.821. The minimum absolute atomic E-state index is 0.0348. The van der Waals surface area contributed by atoms with Crippen LogP contribution in [0.25, 0.3) is 0 Å². The normalized spacial score (nSPS) is 24.0. The maximum atomic E-state index is 12.4. The van der Waals surface area contributed by atoms with Gasteiger partial charge in [0.05, 0.1) is 12.7 Å². The van der Waals surface area contributed by atoms with E-state index in [9.17, 15) is 4.79 Å². The highest BCUT2D eigenvalue weighted by Crippen LogP contribution is 2.29. The van der Waals surface area contributed by atoms with Crippen molar-refractivity contribution in [1.29, 1.82) is 0 Å². The lowest BCUT2D eigenvalue weighted by molar-refractivity contribution is -0.0338. The van der Waals surface area contributed by atoms with E-state index in [0.717, 1.165) is 12.3 Å². The van der Waals surface area contributed by atoms with E-state index in [4.69, 9.17) is 4.74 Å². The van der Waals surface area contributed by atoms with E-state index in [1.807, 2.05) is 17.0 Å². The van der Waals surface area contributed by atoms with Gasteiger partial charge in [0.2, 0.25) is 0 Å². The lowest BCUT2D eigenvalue weighted by Gasteiger charge is -2.35. The van der Waals surface area contributed by atoms with Crippen LogP contribution >= 0.6 is 0 Å². The molecule has 1 saturated carbocycles. The summed E-state index contributed by atoms with van der Waals surface area (Å²) in [6, 6.07) is 5.48. The van der Waals surface area contributed by atoms with Gasteiger partial charge >= 0.3 is 0 Å². The van der Waals surface area contributed by atoms with Crippen LogP contribution in [0.3, 0.4) is 0 Å². The Kier molecular flexibility index (Phi) is 4.86. The molecule has 0 bridgehead atoms. The van der Waals surface area contributed by atoms with Crippen LogP contribution in [0.5, 0.6) is 0 Å². The summed E-state index contributed by atoms with van der Waals surface area (Å²) in [6.07, 6.45) is 9.73. The van der Waals surface area contributed by atoms with Crippen molar-refractivity contribution in [2.75, 3.05) is 19.7 Å². The molecule has 0 radical (unpaired) electrons. The third-order valence-electron chi connectivity index (χ3n) is 4.63. The highest BCUT2D eigenvalue weighted by molar-refractivity contribution is 5.92. The summed E-state index contributed by atoms with van der Waals surface area (Å²) in [6.45, 7) is 2.04. The Morgan fingerprint density at radius 1 is 1.29 bits per heavy atom. The Balaban J connectivity index is 1.56. The Morgan fingerprint density at radius 3 is 2.90 bits per heavy atom. The average molecular weight is 288 g/mol. The summed E-state index contributed by atoms with van der Waals surface area (Å²) in [4.78, 5) is 18.5. The van der Waals surface area contributed by atoms with Gasteiger partial charge in [0, 0.05) is 19.3 Å². The van der Waals surface area contributed by atoms with Gasteiger partial charge in [0.25, 0.3) is 5.91 Å². The van der Waals surface area contributed by atoms with E-state index in [0.29, 0.717) is 25.4 Å². The molecule has 1 amide bonds. The molecule has 1 atom stereocenters. The number of nitrogens with zero attached hydrogens (tertiary/aromatic N) is 2. The molecule has 4 heteroatoms. The van der Waals surface area contributed by atoms with Crippen molar-refractivity contribution < 1.29 is 9.53 Å². The van der Waals surface area contributed by atoms with Crippen LogP contribution in [-0.2, 0) is 4.74 Å². The third kappa shape index (κ3) is 3.82. The van der Waals surface area contributed by atoms with Crippen LogP contribution in [-0.4, -0.2) is 41.6 Å². The maximum absolute atomic E-state index is 12.4. The van der Waals surface area contributed by atoms with Gasteiger partial charge in [0.1, 0.15) is 5.69 Å². The predicted octanol–water partition coefficient (Wildman–Crippen LogP) is 2.89. The number of ether oxygens (including phenoxy) is 1. The highest BCUT2D eigenvalue weighted by atomic mass is 16.5. The summed E-state index contributed by atoms with van der Waals surface area (Å²) >= 11 is 0. The Bertz CT molecular complexity index is 457. The minimum atomic E-state index is 0.0348. The number of carbonyl (C=O) groups excluding carboxylic acids is 1. The smallest absolute Gasteiger partial charge is 0.272 e. The molecule has 0 spiro atoms. The zero-order valence-corrected chi connectivity index (χ0v) is 12.5. The second kappa shape index (κ2) is 7.03. The number of pyridine rings is 1. The standard InChI is InChI=1S/C17H24N2O2/c20-17(16-8-4-5-9-18-16)19-10-11-21-15(13-19)12-14-6-2-1-3-7-14/h4-5,8-9,14-15H,1-3,6-7,10-13H2. The van der Waals surface area contributed by atoms with Gasteiger partial charge in [-0.1, -0.05) is 38.2 Å². The number of rotatable bonds is 3. The molecule has 4 nitrogen and oxygen atoms in total. The lowest BCUT2D eigenvalue weighted by Crippen LogP contribution is -2.46. The van der Waals surface area contributed by atoms with Crippen molar-refractivity contribution in [1.82, 2.24) is 9.88 Å². The number of morpholine rings is 1. The number of amides is 1. The molecule has 3 rings (SSSR count). The van der Waals surface area contributed by atoms with Crippen molar-refractivity contribution in [3.8, 4) is 0 Å². The fraction of sp³-hybridized carbons (Fsp3) is 0.647. The summed E-state index contributed by atoms with van der Waals surface area (Å²) < 4.78 is 5.88. The van der Waals surface area contributed by atoms with Crippen molar-refractivity contribution >= 4 is 5.91 Å². The molecule has 114 valence electrons. The first kappa shape index (κ1) is 14.5. The fourth-order valence-corrected chi connectivity index (χ4v) is 3.49. The van der Waals surface area contributed by atoms with Crippen molar-refractivity contribution in [3.05, 3.63) is 30.1 Å². The van der Waals surface area contributed by atoms with Crippen LogP contribution in [0.2, 0.25) is 0 Å². The molecule has 0 aromatic carbocycles. The van der Waals surface area contributed by atoms with Crippen molar-refractivity contribution in [3.63, 3.8) is 0 Å². The zero-order chi connectivity index (χ0) is 14.5. The quantitative estimate of drug-likeness (QED) is 0.859. The second-order valence-corrected chi connectivity index (χ2v) is 6.20. The monoisotopic (exact) mass is 288 g/mol. The highest BCUT2D eigenvalue weighted by Gasteiger charge is 2.28. The van der Waals surface area contributed by atoms with E-state index in [1.165, 1.54) is 32.1 Å². The molecule has 2 heterocycles. The molecule has 2 fully saturated rings. The first-order valence-corrected chi connectivity index (χ1v) is 8.15. The molecule has 0 N–H and O–H groups in total. The molecule has 2 aliphatic rings. The molecule has 1 aliphatic heterocycles. The number of hydrogen-bond acceptors (Lipinski definition) is 3. The van der Waals surface area contributed by atoms with Crippen LogP contribution < -0.4 is 0 Å². The number of hydrogen-bond donors (Lipinski definition) is 0. The fourth-order valence-electron chi connectivity index (χ4n) is 3.49. The Morgan fingerprint density at radius 2 is 2.14 bits per heavy atom. The van der Waals surface area contributed by atoms with Gasteiger partial charge in [-0.05, 0) is 24.5 Å². The Hall–Kier alpha value is -1.42. The molecule has 1 unspecified atom stereocenters. The second-order valence-electron chi connectivity index (χ2n) is 6.20. The van der Waals surface area contributed by atoms with Gasteiger partial charge in [0.15, 0.2) is 0 Å². The van der Waals surface area contributed by atoms with E-state index in [2.05, 4.69) is 4.98 Å². The van der Waals surface area contributed by atoms with Gasteiger partial charge in [-0.2, -0.15) is 0 Å². The molecular formula is C17H24N2O2. The van der Waals surface area contributed by atoms with Gasteiger partial charge in [-0.3, -0.25) is 9.78 Å². The first-order chi connectivity index (χ1) is 10.3. The summed E-state index contributed by atoms with van der Waals surface area (Å²) in [5.41, 5.74) is 0.538. The minimum Gasteiger partial charge on any atom is -0.375 e. The van der Waals surface area contributed by atoms with Gasteiger partial charge < -0.3 is 9.64 Å². The lowest BCUT2D eigenvalue weighted by atomic mass is 9.85. The predicted molar refractivity (Wildman–Crippen MR) is 81.1 cm³/mol. The van der Waals surface area contributed by atoms with E-state index < -0.39 is 0 Å². The van der Waals surface area contributed by atoms with Gasteiger partial charge in [-0.15, -0.1) is 0 Å². The molecular weight excluding hydrogens is 264 g/mol. The molecule has 1 aliphatic carbocycles. The van der Waals surface area contributed by atoms with Crippen molar-refractivity contribution in [2.24, 2.45) is 5.92 Å². The van der Waals surface area contributed by atoms with Crippen LogP contribution in [0.4, 0.5) is 0 Å². The maximum Gasteiger partial charge on any atom is 0.272 e. The molecule has 1 saturated heterocycles. The zero-order valence-electron chi connectivity index (χ0n) is 12.5. The van der Waals surface area contributed by atoms with Crippen LogP contribution in [0.1, 0.15) is 49.0 Å². The topological polar surface area (TPSA) is 42.4 Å². The Labute approximate surface area is 126 Å². The average Bonchev–Trinajstić information content (AvgIpc) is 2.56. The van der Waals surface area contributed by atoms with Crippen LogP contribution in [0, 0.1) is 5.92 Å². The molecule has 1 aromatic rings. The first-order valence-electron chi connectivity index (χ1n) is 8.15. The summed E-state index contributed by atoms with van der Waals surface area (Å²) in [5, 5.41) is 0. The van der Waals surface area contributed by atoms with E-state index in [-0.39, 0.29) is 12.0 Å². The number of carbonyl (C=O) groups is 1. The third-order valence-corrected chi connectivity index (χ3v) is 4.63. The largest absolute Gasteiger partial charge is 0.375 e. The van der Waals surface area contributed by atoms with E-state index in [1.54, 1.807) is 12.3 Å². The van der Waals surface area contributed by atoms with Crippen molar-refractivity contribution in [2.45, 2.75) is 44.6 Å². The molecule has 1 aromatic heterocycles.